The lowest BCUT2D eigenvalue weighted by molar-refractivity contribution is -0.123. The molecule has 0 N–H and O–H groups in total. The highest BCUT2D eigenvalue weighted by molar-refractivity contribution is 9.10. The van der Waals surface area contributed by atoms with Crippen molar-refractivity contribution in [1.82, 2.24) is 14.3 Å². The summed E-state index contributed by atoms with van der Waals surface area (Å²) >= 11 is 4.86. The summed E-state index contributed by atoms with van der Waals surface area (Å²) in [4.78, 5) is 23.8. The number of piperidine rings is 1. The number of fused-ring (bicyclic) bond motifs is 1. The fourth-order valence-corrected chi connectivity index (χ4v) is 7.32. The third-order valence-electron chi connectivity index (χ3n) is 6.20. The largest absolute Gasteiger partial charge is 0.282 e. The molecule has 1 amide bonds. The third kappa shape index (κ3) is 5.42. The molecule has 1 fully saturated rings. The van der Waals surface area contributed by atoms with Crippen LogP contribution in [0.5, 0.6) is 0 Å². The predicted octanol–water partition coefficient (Wildman–Crippen LogP) is 5.37. The van der Waals surface area contributed by atoms with E-state index in [-0.39, 0.29) is 38.4 Å². The first-order valence-electron chi connectivity index (χ1n) is 11.4. The Morgan fingerprint density at radius 3 is 2.59 bits per heavy atom. The number of sulfonamides is 1. The molecule has 3 heterocycles. The Bertz CT molecular complexity index is 1560. The van der Waals surface area contributed by atoms with Gasteiger partial charge in [-0.3, -0.25) is 14.7 Å². The van der Waals surface area contributed by atoms with Crippen molar-refractivity contribution in [2.75, 3.05) is 18.0 Å². The first-order valence-corrected chi connectivity index (χ1v) is 14.5. The smallest absolute Gasteiger partial charge is 0.245 e. The zero-order valence-corrected chi connectivity index (χ0v) is 22.6. The Hall–Kier alpha value is -2.80. The molecule has 1 saturated heterocycles. The van der Waals surface area contributed by atoms with Gasteiger partial charge in [0.05, 0.1) is 22.5 Å². The average molecular weight is 608 g/mol. The molecule has 1 aliphatic rings. The van der Waals surface area contributed by atoms with Crippen LogP contribution in [0.4, 0.5) is 13.9 Å². The number of carbonyl (C=O) groups excluding carboxylic acids is 1. The van der Waals surface area contributed by atoms with Crippen LogP contribution in [0.2, 0.25) is 0 Å². The maximum Gasteiger partial charge on any atom is 0.245 e. The van der Waals surface area contributed by atoms with Gasteiger partial charge < -0.3 is 0 Å². The van der Waals surface area contributed by atoms with Crippen LogP contribution in [0.15, 0.2) is 70.2 Å². The maximum absolute atomic E-state index is 14.2. The second-order valence-corrected chi connectivity index (χ2v) is 12.4. The zero-order valence-electron chi connectivity index (χ0n) is 19.4. The lowest BCUT2D eigenvalue weighted by Gasteiger charge is -2.33. The number of pyridine rings is 1. The lowest BCUT2D eigenvalue weighted by Crippen LogP contribution is -2.44. The van der Waals surface area contributed by atoms with Crippen LogP contribution in [0, 0.1) is 17.6 Å². The Labute approximate surface area is 224 Å². The van der Waals surface area contributed by atoms with Gasteiger partial charge in [-0.2, -0.15) is 4.31 Å². The first kappa shape index (κ1) is 25.8. The maximum atomic E-state index is 14.2. The molecule has 0 spiro atoms. The lowest BCUT2D eigenvalue weighted by atomic mass is 9.96. The van der Waals surface area contributed by atoms with Gasteiger partial charge in [-0.15, -0.1) is 0 Å². The highest BCUT2D eigenvalue weighted by atomic mass is 79.9. The number of rotatable bonds is 6. The molecule has 4 aromatic rings. The Morgan fingerprint density at radius 2 is 1.89 bits per heavy atom. The van der Waals surface area contributed by atoms with Gasteiger partial charge in [-0.05, 0) is 55.3 Å². The quantitative estimate of drug-likeness (QED) is 0.295. The molecule has 2 aromatic carbocycles. The summed E-state index contributed by atoms with van der Waals surface area (Å²) in [6.07, 6.45) is 2.18. The molecule has 0 atom stereocenters. The zero-order chi connectivity index (χ0) is 26.2. The fraction of sp³-hybridized carbons (Fsp3) is 0.240. The Morgan fingerprint density at radius 1 is 1.11 bits per heavy atom. The molecule has 2 aromatic heterocycles. The van der Waals surface area contributed by atoms with Gasteiger partial charge in [0.2, 0.25) is 15.9 Å². The van der Waals surface area contributed by atoms with E-state index >= 15 is 0 Å². The van der Waals surface area contributed by atoms with Crippen LogP contribution in [0.1, 0.15) is 18.5 Å². The summed E-state index contributed by atoms with van der Waals surface area (Å²) < 4.78 is 56.4. The van der Waals surface area contributed by atoms with Gasteiger partial charge in [0.15, 0.2) is 5.13 Å². The van der Waals surface area contributed by atoms with Crippen molar-refractivity contribution in [3.8, 4) is 0 Å². The molecule has 1 aliphatic heterocycles. The predicted molar refractivity (Wildman–Crippen MR) is 141 cm³/mol. The molecule has 0 radical (unpaired) electrons. The summed E-state index contributed by atoms with van der Waals surface area (Å²) in [7, 11) is -4.16. The van der Waals surface area contributed by atoms with E-state index in [0.29, 0.717) is 16.9 Å². The van der Waals surface area contributed by atoms with Crippen LogP contribution < -0.4 is 4.90 Å². The molecule has 37 heavy (non-hydrogen) atoms. The SMILES string of the molecule is O=C(C1CCN(S(=O)(=O)c2ccc(F)cc2F)CC1)N(Cc1ccccn1)c1nc2ccc(Br)cc2s1. The standard InChI is InChI=1S/C25H21BrF2N4O3S2/c26-17-4-6-21-22(13-17)36-25(30-21)32(15-19-3-1-2-10-29-19)24(33)16-8-11-31(12-9-16)37(34,35)23-7-5-18(27)14-20(23)28/h1-7,10,13-14,16H,8-9,11-12,15H2. The van der Waals surface area contributed by atoms with Gasteiger partial charge in [0, 0.05) is 35.7 Å². The molecule has 0 unspecified atom stereocenters. The molecule has 12 heteroatoms. The van der Waals surface area contributed by atoms with Crippen LogP contribution >= 0.6 is 27.3 Å². The summed E-state index contributed by atoms with van der Waals surface area (Å²) in [6, 6.07) is 13.6. The topological polar surface area (TPSA) is 83.5 Å². The number of hydrogen-bond donors (Lipinski definition) is 0. The highest BCUT2D eigenvalue weighted by Gasteiger charge is 2.36. The van der Waals surface area contributed by atoms with Crippen LogP contribution in [-0.2, 0) is 21.4 Å². The van der Waals surface area contributed by atoms with Gasteiger partial charge in [0.1, 0.15) is 16.5 Å². The average Bonchev–Trinajstić information content (AvgIpc) is 3.30. The van der Waals surface area contributed by atoms with Crippen LogP contribution in [0.25, 0.3) is 10.2 Å². The number of anilines is 1. The van der Waals surface area contributed by atoms with Crippen molar-refractivity contribution in [3.63, 3.8) is 0 Å². The molecule has 0 aliphatic carbocycles. The monoisotopic (exact) mass is 606 g/mol. The minimum Gasteiger partial charge on any atom is -0.282 e. The fourth-order valence-electron chi connectivity index (χ4n) is 4.28. The van der Waals surface area contributed by atoms with Crippen molar-refractivity contribution < 1.29 is 22.0 Å². The first-order chi connectivity index (χ1) is 17.7. The minimum atomic E-state index is -4.16. The van der Waals surface area contributed by atoms with Crippen molar-refractivity contribution in [2.45, 2.75) is 24.3 Å². The van der Waals surface area contributed by atoms with Crippen molar-refractivity contribution in [1.29, 1.82) is 0 Å². The molecule has 0 saturated carbocycles. The summed E-state index contributed by atoms with van der Waals surface area (Å²) in [5.74, 6) is -2.61. The van der Waals surface area contributed by atoms with E-state index in [4.69, 9.17) is 0 Å². The molecular weight excluding hydrogens is 586 g/mol. The van der Waals surface area contributed by atoms with Gasteiger partial charge in [0.25, 0.3) is 0 Å². The van der Waals surface area contributed by atoms with Crippen LogP contribution in [-0.4, -0.2) is 41.7 Å². The molecular formula is C25H21BrF2N4O3S2. The summed E-state index contributed by atoms with van der Waals surface area (Å²) in [6.45, 7) is 0.305. The molecule has 5 rings (SSSR count). The number of amides is 1. The van der Waals surface area contributed by atoms with Crippen molar-refractivity contribution in [3.05, 3.63) is 82.6 Å². The van der Waals surface area contributed by atoms with E-state index < -0.39 is 32.5 Å². The van der Waals surface area contributed by atoms with E-state index in [1.165, 1.54) is 11.3 Å². The third-order valence-corrected chi connectivity index (χ3v) is 9.66. The minimum absolute atomic E-state index is 0.0414. The second-order valence-electron chi connectivity index (χ2n) is 8.61. The number of benzene rings is 2. The van der Waals surface area contributed by atoms with Crippen LogP contribution in [0.3, 0.4) is 0 Å². The second kappa shape index (κ2) is 10.5. The summed E-state index contributed by atoms with van der Waals surface area (Å²) in [5, 5.41) is 0.534. The van der Waals surface area contributed by atoms with E-state index in [2.05, 4.69) is 25.9 Å². The van der Waals surface area contributed by atoms with Crippen molar-refractivity contribution in [2.24, 2.45) is 5.92 Å². The molecule has 0 bridgehead atoms. The molecule has 192 valence electrons. The number of halogens is 3. The number of hydrogen-bond acceptors (Lipinski definition) is 6. The van der Waals surface area contributed by atoms with E-state index in [0.717, 1.165) is 31.1 Å². The number of nitrogens with zero attached hydrogens (tertiary/aromatic N) is 4. The number of thiazole rings is 1. The number of carbonyl (C=O) groups is 1. The van der Waals surface area contributed by atoms with E-state index in [1.54, 1.807) is 17.2 Å². The van der Waals surface area contributed by atoms with E-state index in [1.807, 2.05) is 30.3 Å². The summed E-state index contributed by atoms with van der Waals surface area (Å²) in [5.41, 5.74) is 1.47. The highest BCUT2D eigenvalue weighted by Crippen LogP contribution is 2.34. The van der Waals surface area contributed by atoms with Crippen molar-refractivity contribution >= 4 is 58.5 Å². The normalized spacial score (nSPS) is 15.2. The van der Waals surface area contributed by atoms with Gasteiger partial charge >= 0.3 is 0 Å². The molecule has 7 nitrogen and oxygen atoms in total. The number of aromatic nitrogens is 2. The van der Waals surface area contributed by atoms with E-state index in [9.17, 15) is 22.0 Å². The van der Waals surface area contributed by atoms with Gasteiger partial charge in [-0.1, -0.05) is 33.3 Å². The Kier molecular flexibility index (Phi) is 7.35. The Balaban J connectivity index is 1.37. The van der Waals surface area contributed by atoms with Gasteiger partial charge in [-0.25, -0.2) is 22.2 Å².